The fourth-order valence-corrected chi connectivity index (χ4v) is 1.69. The normalized spacial score (nSPS) is 9.94. The average Bonchev–Trinajstić information content (AvgIpc) is 2.27. The Labute approximate surface area is 106 Å². The Hall–Kier alpha value is -2.04. The van der Waals surface area contributed by atoms with E-state index in [1.165, 1.54) is 12.1 Å². The lowest BCUT2D eigenvalue weighted by atomic mass is 10.1. The van der Waals surface area contributed by atoms with Crippen molar-refractivity contribution in [2.24, 2.45) is 0 Å². The second-order valence-electron chi connectivity index (χ2n) is 3.99. The van der Waals surface area contributed by atoms with Crippen molar-refractivity contribution in [2.45, 2.75) is 20.8 Å². The van der Waals surface area contributed by atoms with Gasteiger partial charge >= 0.3 is 5.97 Å². The summed E-state index contributed by atoms with van der Waals surface area (Å²) >= 11 is 0. The molecule has 0 aliphatic carbocycles. The van der Waals surface area contributed by atoms with E-state index in [9.17, 15) is 9.59 Å². The van der Waals surface area contributed by atoms with Crippen molar-refractivity contribution < 1.29 is 19.4 Å². The van der Waals surface area contributed by atoms with E-state index >= 15 is 0 Å². The monoisotopic (exact) mass is 251 g/mol. The van der Waals surface area contributed by atoms with Gasteiger partial charge in [-0.1, -0.05) is 0 Å². The molecule has 5 nitrogen and oxygen atoms in total. The summed E-state index contributed by atoms with van der Waals surface area (Å²) in [6, 6.07) is 3.06. The van der Waals surface area contributed by atoms with E-state index in [0.717, 1.165) is 0 Å². The summed E-state index contributed by atoms with van der Waals surface area (Å²) in [7, 11) is 0. The SMILES string of the molecule is CCNC(=O)COc1c(C)cc(C(=O)O)cc1C. The van der Waals surface area contributed by atoms with E-state index in [1.807, 2.05) is 6.92 Å². The third-order valence-electron chi connectivity index (χ3n) is 2.43. The number of hydrogen-bond donors (Lipinski definition) is 2. The largest absolute Gasteiger partial charge is 0.483 e. The average molecular weight is 251 g/mol. The molecule has 0 radical (unpaired) electrons. The maximum atomic E-state index is 11.3. The van der Waals surface area contributed by atoms with Crippen LogP contribution in [0.5, 0.6) is 5.75 Å². The standard InChI is InChI=1S/C13H17NO4/c1-4-14-11(15)7-18-12-8(2)5-10(13(16)17)6-9(12)3/h5-6H,4,7H2,1-3H3,(H,14,15)(H,16,17). The highest BCUT2D eigenvalue weighted by atomic mass is 16.5. The minimum Gasteiger partial charge on any atom is -0.483 e. The lowest BCUT2D eigenvalue weighted by Crippen LogP contribution is -2.28. The molecule has 0 bridgehead atoms. The molecule has 0 aromatic heterocycles. The third-order valence-corrected chi connectivity index (χ3v) is 2.43. The molecule has 2 N–H and O–H groups in total. The number of benzene rings is 1. The summed E-state index contributed by atoms with van der Waals surface area (Å²) in [6.45, 7) is 5.83. The molecule has 0 saturated carbocycles. The highest BCUT2D eigenvalue weighted by Gasteiger charge is 2.11. The van der Waals surface area contributed by atoms with Crippen LogP contribution in [0.2, 0.25) is 0 Å². The Bertz CT molecular complexity index is 445. The molecule has 0 unspecified atom stereocenters. The predicted octanol–water partition coefficient (Wildman–Crippen LogP) is 1.52. The number of likely N-dealkylation sites (N-methyl/N-ethyl adjacent to an activating group) is 1. The first-order valence-electron chi connectivity index (χ1n) is 5.69. The van der Waals surface area contributed by atoms with Crippen molar-refractivity contribution in [1.82, 2.24) is 5.32 Å². The number of carboxylic acids is 1. The maximum Gasteiger partial charge on any atom is 0.335 e. The highest BCUT2D eigenvalue weighted by Crippen LogP contribution is 2.24. The van der Waals surface area contributed by atoms with Crippen LogP contribution in [0.25, 0.3) is 0 Å². The van der Waals surface area contributed by atoms with Gasteiger partial charge < -0.3 is 15.2 Å². The van der Waals surface area contributed by atoms with E-state index in [2.05, 4.69) is 5.32 Å². The minimum atomic E-state index is -0.975. The molecule has 1 aromatic carbocycles. The van der Waals surface area contributed by atoms with Gasteiger partial charge in [-0.15, -0.1) is 0 Å². The number of nitrogens with one attached hydrogen (secondary N) is 1. The molecule has 98 valence electrons. The fraction of sp³-hybridized carbons (Fsp3) is 0.385. The van der Waals surface area contributed by atoms with Crippen LogP contribution in [-0.4, -0.2) is 30.1 Å². The molecule has 18 heavy (non-hydrogen) atoms. The lowest BCUT2D eigenvalue weighted by molar-refractivity contribution is -0.123. The van der Waals surface area contributed by atoms with Gasteiger partial charge in [0.1, 0.15) is 5.75 Å². The van der Waals surface area contributed by atoms with Gasteiger partial charge in [-0.05, 0) is 44.0 Å². The van der Waals surface area contributed by atoms with Gasteiger partial charge in [0, 0.05) is 6.54 Å². The fourth-order valence-electron chi connectivity index (χ4n) is 1.69. The summed E-state index contributed by atoms with van der Waals surface area (Å²) < 4.78 is 5.41. The summed E-state index contributed by atoms with van der Waals surface area (Å²) in [5.74, 6) is -0.610. The van der Waals surface area contributed by atoms with E-state index in [-0.39, 0.29) is 18.1 Å². The number of hydrogen-bond acceptors (Lipinski definition) is 3. The van der Waals surface area contributed by atoms with E-state index in [0.29, 0.717) is 23.4 Å². The van der Waals surface area contributed by atoms with Crippen molar-refractivity contribution >= 4 is 11.9 Å². The van der Waals surface area contributed by atoms with Crippen LogP contribution in [-0.2, 0) is 4.79 Å². The first kappa shape index (κ1) is 14.0. The Kier molecular flexibility index (Phi) is 4.71. The molecule has 1 aromatic rings. The smallest absolute Gasteiger partial charge is 0.335 e. The lowest BCUT2D eigenvalue weighted by Gasteiger charge is -2.12. The zero-order chi connectivity index (χ0) is 13.7. The number of carbonyl (C=O) groups excluding carboxylic acids is 1. The number of carbonyl (C=O) groups is 2. The van der Waals surface area contributed by atoms with Crippen molar-refractivity contribution in [3.63, 3.8) is 0 Å². The molecule has 0 aliphatic rings. The van der Waals surface area contributed by atoms with Crippen LogP contribution < -0.4 is 10.1 Å². The van der Waals surface area contributed by atoms with Gasteiger partial charge in [0.15, 0.2) is 6.61 Å². The molecule has 5 heteroatoms. The third kappa shape index (κ3) is 3.48. The first-order valence-corrected chi connectivity index (χ1v) is 5.69. The van der Waals surface area contributed by atoms with Crippen molar-refractivity contribution in [3.8, 4) is 5.75 Å². The van der Waals surface area contributed by atoms with Crippen LogP contribution in [0, 0.1) is 13.8 Å². The highest BCUT2D eigenvalue weighted by molar-refractivity contribution is 5.88. The van der Waals surface area contributed by atoms with Gasteiger partial charge in [0.25, 0.3) is 5.91 Å². The Morgan fingerprint density at radius 1 is 1.28 bits per heavy atom. The summed E-state index contributed by atoms with van der Waals surface area (Å²) in [4.78, 5) is 22.1. The molecule has 0 heterocycles. The number of carboxylic acid groups (broad SMARTS) is 1. The first-order chi connectivity index (χ1) is 8.45. The number of aromatic carboxylic acids is 1. The molecule has 0 fully saturated rings. The molecule has 0 atom stereocenters. The van der Waals surface area contributed by atoms with Crippen LogP contribution in [0.15, 0.2) is 12.1 Å². The van der Waals surface area contributed by atoms with Crippen molar-refractivity contribution in [1.29, 1.82) is 0 Å². The number of aryl methyl sites for hydroxylation is 2. The van der Waals surface area contributed by atoms with Gasteiger partial charge in [-0.3, -0.25) is 4.79 Å². The number of rotatable bonds is 5. The van der Waals surface area contributed by atoms with Crippen LogP contribution >= 0.6 is 0 Å². The van der Waals surface area contributed by atoms with E-state index in [4.69, 9.17) is 9.84 Å². The zero-order valence-electron chi connectivity index (χ0n) is 10.7. The molecule has 0 saturated heterocycles. The molecular formula is C13H17NO4. The number of ether oxygens (including phenoxy) is 1. The van der Waals surface area contributed by atoms with Crippen molar-refractivity contribution in [3.05, 3.63) is 28.8 Å². The zero-order valence-corrected chi connectivity index (χ0v) is 10.7. The Morgan fingerprint density at radius 2 is 1.83 bits per heavy atom. The van der Waals surface area contributed by atoms with Gasteiger partial charge in [-0.2, -0.15) is 0 Å². The second-order valence-corrected chi connectivity index (χ2v) is 3.99. The van der Waals surface area contributed by atoms with Crippen LogP contribution in [0.3, 0.4) is 0 Å². The van der Waals surface area contributed by atoms with Gasteiger partial charge in [0.05, 0.1) is 5.56 Å². The van der Waals surface area contributed by atoms with Gasteiger partial charge in [0.2, 0.25) is 0 Å². The minimum absolute atomic E-state index is 0.0675. The molecule has 0 spiro atoms. The topological polar surface area (TPSA) is 75.6 Å². The molecular weight excluding hydrogens is 234 g/mol. The Morgan fingerprint density at radius 3 is 2.28 bits per heavy atom. The number of amides is 1. The van der Waals surface area contributed by atoms with Crippen LogP contribution in [0.1, 0.15) is 28.4 Å². The van der Waals surface area contributed by atoms with E-state index < -0.39 is 5.97 Å². The predicted molar refractivity (Wildman–Crippen MR) is 67.1 cm³/mol. The quantitative estimate of drug-likeness (QED) is 0.831. The molecule has 1 rings (SSSR count). The van der Waals surface area contributed by atoms with Crippen molar-refractivity contribution in [2.75, 3.05) is 13.2 Å². The molecule has 0 aliphatic heterocycles. The molecule has 1 amide bonds. The second kappa shape index (κ2) is 6.05. The summed E-state index contributed by atoms with van der Waals surface area (Å²) in [6.07, 6.45) is 0. The summed E-state index contributed by atoms with van der Waals surface area (Å²) in [5.41, 5.74) is 1.63. The van der Waals surface area contributed by atoms with E-state index in [1.54, 1.807) is 13.8 Å². The Balaban J connectivity index is 2.84. The summed E-state index contributed by atoms with van der Waals surface area (Å²) in [5, 5.41) is 11.5. The maximum absolute atomic E-state index is 11.3. The van der Waals surface area contributed by atoms with Gasteiger partial charge in [-0.25, -0.2) is 4.79 Å². The van der Waals surface area contributed by atoms with Crippen LogP contribution in [0.4, 0.5) is 0 Å².